The minimum atomic E-state index is -0.0739. The highest BCUT2D eigenvalue weighted by atomic mass is 16.1. The van der Waals surface area contributed by atoms with Gasteiger partial charge in [-0.05, 0) is 43.5 Å². The summed E-state index contributed by atoms with van der Waals surface area (Å²) >= 11 is 0. The van der Waals surface area contributed by atoms with Gasteiger partial charge in [-0.15, -0.1) is 0 Å². The van der Waals surface area contributed by atoms with Crippen molar-refractivity contribution in [3.05, 3.63) is 59.2 Å². The van der Waals surface area contributed by atoms with Crippen molar-refractivity contribution < 1.29 is 4.79 Å². The molecule has 114 valence electrons. The van der Waals surface area contributed by atoms with E-state index >= 15 is 0 Å². The maximum absolute atomic E-state index is 12.3. The smallest absolute Gasteiger partial charge is 0.251 e. The van der Waals surface area contributed by atoms with Gasteiger partial charge in [0.25, 0.3) is 5.91 Å². The van der Waals surface area contributed by atoms with Crippen LogP contribution in [0.15, 0.2) is 36.7 Å². The lowest BCUT2D eigenvalue weighted by Crippen LogP contribution is -2.23. The average Bonchev–Trinajstić information content (AvgIpc) is 3.09. The van der Waals surface area contributed by atoms with Gasteiger partial charge in [0, 0.05) is 18.3 Å². The van der Waals surface area contributed by atoms with Crippen molar-refractivity contribution in [2.45, 2.75) is 25.8 Å². The Morgan fingerprint density at radius 2 is 2.27 bits per heavy atom. The second-order valence-corrected chi connectivity index (χ2v) is 5.65. The van der Waals surface area contributed by atoms with Gasteiger partial charge in [-0.25, -0.2) is 0 Å². The van der Waals surface area contributed by atoms with Crippen molar-refractivity contribution >= 4 is 5.91 Å². The molecular weight excluding hydrogens is 276 g/mol. The summed E-state index contributed by atoms with van der Waals surface area (Å²) in [6, 6.07) is 7.89. The molecule has 1 aromatic carbocycles. The number of aromatic nitrogens is 2. The first-order valence-electron chi connectivity index (χ1n) is 7.59. The first-order valence-corrected chi connectivity index (χ1v) is 7.59. The van der Waals surface area contributed by atoms with E-state index in [0.717, 1.165) is 30.9 Å². The Hall–Kier alpha value is -2.27. The Morgan fingerprint density at radius 3 is 3.00 bits per heavy atom. The number of aryl methyl sites for hydroxylation is 1. The van der Waals surface area contributed by atoms with Crippen molar-refractivity contribution in [3.63, 3.8) is 0 Å². The summed E-state index contributed by atoms with van der Waals surface area (Å²) < 4.78 is 0. The van der Waals surface area contributed by atoms with E-state index in [2.05, 4.69) is 26.7 Å². The molecule has 3 rings (SSSR count). The summed E-state index contributed by atoms with van der Waals surface area (Å²) in [4.78, 5) is 20.7. The molecule has 2 N–H and O–H groups in total. The predicted octanol–water partition coefficient (Wildman–Crippen LogP) is 1.79. The van der Waals surface area contributed by atoms with Crippen molar-refractivity contribution in [2.75, 3.05) is 13.1 Å². The van der Waals surface area contributed by atoms with Crippen molar-refractivity contribution in [1.82, 2.24) is 20.6 Å². The maximum Gasteiger partial charge on any atom is 0.251 e. The van der Waals surface area contributed by atoms with E-state index in [0.29, 0.717) is 18.0 Å². The van der Waals surface area contributed by atoms with Gasteiger partial charge in [0.2, 0.25) is 0 Å². The third-order valence-corrected chi connectivity index (χ3v) is 3.95. The summed E-state index contributed by atoms with van der Waals surface area (Å²) in [5.74, 6) is 0.436. The summed E-state index contributed by atoms with van der Waals surface area (Å²) in [7, 11) is 0. The predicted molar refractivity (Wildman–Crippen MR) is 84.6 cm³/mol. The molecule has 1 aliphatic heterocycles. The van der Waals surface area contributed by atoms with E-state index in [1.54, 1.807) is 12.4 Å². The molecule has 1 aliphatic rings. The van der Waals surface area contributed by atoms with E-state index in [-0.39, 0.29) is 5.91 Å². The van der Waals surface area contributed by atoms with Crippen molar-refractivity contribution in [1.29, 1.82) is 0 Å². The quantitative estimate of drug-likeness (QED) is 0.903. The standard InChI is InChI=1S/C17H20N4O/c1-12-8-20-16(10-19-12)11-21-17(22)14-4-2-3-13(7-14)15-5-6-18-9-15/h2-4,7-8,10,15,18H,5-6,9,11H2,1H3,(H,21,22)/t15-/m1/s1. The Labute approximate surface area is 130 Å². The molecule has 0 saturated carbocycles. The molecule has 22 heavy (non-hydrogen) atoms. The fraction of sp³-hybridized carbons (Fsp3) is 0.353. The van der Waals surface area contributed by atoms with Crippen LogP contribution in [0.4, 0.5) is 0 Å². The zero-order chi connectivity index (χ0) is 15.4. The van der Waals surface area contributed by atoms with Crippen LogP contribution in [-0.4, -0.2) is 29.0 Å². The van der Waals surface area contributed by atoms with Crippen LogP contribution in [0.2, 0.25) is 0 Å². The van der Waals surface area contributed by atoms with Gasteiger partial charge >= 0.3 is 0 Å². The topological polar surface area (TPSA) is 66.9 Å². The monoisotopic (exact) mass is 296 g/mol. The highest BCUT2D eigenvalue weighted by molar-refractivity contribution is 5.94. The Morgan fingerprint density at radius 1 is 1.36 bits per heavy atom. The number of benzene rings is 1. The molecule has 1 atom stereocenters. The lowest BCUT2D eigenvalue weighted by molar-refractivity contribution is 0.0950. The van der Waals surface area contributed by atoms with Gasteiger partial charge in [0.1, 0.15) is 0 Å². The number of nitrogens with zero attached hydrogens (tertiary/aromatic N) is 2. The zero-order valence-electron chi connectivity index (χ0n) is 12.7. The summed E-state index contributed by atoms with van der Waals surface area (Å²) in [6.45, 7) is 4.32. The summed E-state index contributed by atoms with van der Waals surface area (Å²) in [6.07, 6.45) is 4.52. The van der Waals surface area contributed by atoms with Gasteiger partial charge in [-0.2, -0.15) is 0 Å². The maximum atomic E-state index is 12.3. The molecule has 1 amide bonds. The van der Waals surface area contributed by atoms with Crippen LogP contribution in [0, 0.1) is 6.92 Å². The molecule has 2 aromatic rings. The summed E-state index contributed by atoms with van der Waals surface area (Å²) in [5.41, 5.74) is 3.56. The minimum absolute atomic E-state index is 0.0739. The number of amides is 1. The van der Waals surface area contributed by atoms with Crippen LogP contribution >= 0.6 is 0 Å². The normalized spacial score (nSPS) is 17.4. The van der Waals surface area contributed by atoms with E-state index in [1.807, 2.05) is 25.1 Å². The Kier molecular flexibility index (Phi) is 4.44. The molecule has 0 aliphatic carbocycles. The van der Waals surface area contributed by atoms with Crippen LogP contribution in [-0.2, 0) is 6.54 Å². The fourth-order valence-electron chi connectivity index (χ4n) is 2.66. The van der Waals surface area contributed by atoms with Crippen LogP contribution < -0.4 is 10.6 Å². The molecule has 0 bridgehead atoms. The Balaban J connectivity index is 1.64. The largest absolute Gasteiger partial charge is 0.346 e. The molecule has 5 nitrogen and oxygen atoms in total. The van der Waals surface area contributed by atoms with E-state index in [9.17, 15) is 4.79 Å². The molecule has 2 heterocycles. The van der Waals surface area contributed by atoms with E-state index in [1.165, 1.54) is 5.56 Å². The highest BCUT2D eigenvalue weighted by Gasteiger charge is 2.17. The SMILES string of the molecule is Cc1cnc(CNC(=O)c2cccc([C@@H]3CCNC3)c2)cn1. The number of rotatable bonds is 4. The number of carbonyl (C=O) groups excluding carboxylic acids is 1. The van der Waals surface area contributed by atoms with Crippen molar-refractivity contribution in [2.24, 2.45) is 0 Å². The van der Waals surface area contributed by atoms with E-state index in [4.69, 9.17) is 0 Å². The third-order valence-electron chi connectivity index (χ3n) is 3.95. The first-order chi connectivity index (χ1) is 10.7. The molecule has 0 radical (unpaired) electrons. The fourth-order valence-corrected chi connectivity index (χ4v) is 2.66. The van der Waals surface area contributed by atoms with Crippen LogP contribution in [0.3, 0.4) is 0 Å². The first kappa shape index (κ1) is 14.7. The van der Waals surface area contributed by atoms with Crippen LogP contribution in [0.1, 0.15) is 39.6 Å². The zero-order valence-corrected chi connectivity index (χ0v) is 12.7. The molecular formula is C17H20N4O. The highest BCUT2D eigenvalue weighted by Crippen LogP contribution is 2.22. The van der Waals surface area contributed by atoms with Gasteiger partial charge in [0.15, 0.2) is 0 Å². The number of hydrogen-bond acceptors (Lipinski definition) is 4. The lowest BCUT2D eigenvalue weighted by Gasteiger charge is -2.11. The minimum Gasteiger partial charge on any atom is -0.346 e. The van der Waals surface area contributed by atoms with Crippen LogP contribution in [0.5, 0.6) is 0 Å². The molecule has 0 spiro atoms. The third kappa shape index (κ3) is 3.49. The average molecular weight is 296 g/mol. The van der Waals surface area contributed by atoms with Gasteiger partial charge < -0.3 is 10.6 Å². The lowest BCUT2D eigenvalue weighted by atomic mass is 9.96. The second kappa shape index (κ2) is 6.66. The van der Waals surface area contributed by atoms with Crippen LogP contribution in [0.25, 0.3) is 0 Å². The van der Waals surface area contributed by atoms with Gasteiger partial charge in [-0.1, -0.05) is 12.1 Å². The van der Waals surface area contributed by atoms with Gasteiger partial charge in [-0.3, -0.25) is 14.8 Å². The summed E-state index contributed by atoms with van der Waals surface area (Å²) in [5, 5.41) is 6.25. The Bertz CT molecular complexity index is 648. The number of nitrogens with one attached hydrogen (secondary N) is 2. The number of hydrogen-bond donors (Lipinski definition) is 2. The molecule has 5 heteroatoms. The molecule has 1 aromatic heterocycles. The second-order valence-electron chi connectivity index (χ2n) is 5.65. The molecule has 0 unspecified atom stereocenters. The van der Waals surface area contributed by atoms with Gasteiger partial charge in [0.05, 0.1) is 24.1 Å². The molecule has 1 saturated heterocycles. The number of carbonyl (C=O) groups is 1. The molecule has 1 fully saturated rings. The van der Waals surface area contributed by atoms with Crippen molar-refractivity contribution in [3.8, 4) is 0 Å². The van der Waals surface area contributed by atoms with E-state index < -0.39 is 0 Å².